The van der Waals surface area contributed by atoms with Crippen molar-refractivity contribution in [2.45, 2.75) is 19.7 Å². The van der Waals surface area contributed by atoms with Gasteiger partial charge in [0.2, 0.25) is 0 Å². The Labute approximate surface area is 129 Å². The van der Waals surface area contributed by atoms with Gasteiger partial charge in [0.1, 0.15) is 5.75 Å². The van der Waals surface area contributed by atoms with E-state index in [1.165, 1.54) is 12.1 Å². The van der Waals surface area contributed by atoms with Crippen molar-refractivity contribution in [2.24, 2.45) is 0 Å². The number of halogens is 4. The van der Waals surface area contributed by atoms with E-state index in [0.29, 0.717) is 6.42 Å². The second kappa shape index (κ2) is 8.81. The summed E-state index contributed by atoms with van der Waals surface area (Å²) in [5.74, 6) is -1.11. The zero-order valence-corrected chi connectivity index (χ0v) is 12.7. The fourth-order valence-electron chi connectivity index (χ4n) is 1.10. The van der Waals surface area contributed by atoms with Gasteiger partial charge in [0.15, 0.2) is 0 Å². The van der Waals surface area contributed by atoms with Crippen molar-refractivity contribution in [1.29, 1.82) is 0 Å². The van der Waals surface area contributed by atoms with Gasteiger partial charge in [-0.05, 0) is 24.6 Å². The SMILES string of the molecule is CCCOC(=O)c1cccc(OC(F)(F)F)c1.O=S(=O)(O)Cl. The highest BCUT2D eigenvalue weighted by atomic mass is 35.7. The average molecular weight is 365 g/mol. The Morgan fingerprint density at radius 3 is 2.36 bits per heavy atom. The van der Waals surface area contributed by atoms with Crippen LogP contribution in [0.2, 0.25) is 0 Å². The fraction of sp³-hybridized carbons (Fsp3) is 0.364. The van der Waals surface area contributed by atoms with Gasteiger partial charge < -0.3 is 9.47 Å². The summed E-state index contributed by atoms with van der Waals surface area (Å²) in [7, 11) is -0.137. The van der Waals surface area contributed by atoms with E-state index in [-0.39, 0.29) is 12.2 Å². The van der Waals surface area contributed by atoms with Crippen LogP contribution in [0.25, 0.3) is 0 Å². The van der Waals surface area contributed by atoms with Crippen LogP contribution in [-0.4, -0.2) is 31.9 Å². The molecule has 0 aliphatic carbocycles. The van der Waals surface area contributed by atoms with Crippen molar-refractivity contribution >= 4 is 26.0 Å². The molecule has 0 saturated heterocycles. The van der Waals surface area contributed by atoms with Crippen molar-refractivity contribution in [3.63, 3.8) is 0 Å². The van der Waals surface area contributed by atoms with Crippen molar-refractivity contribution in [1.82, 2.24) is 0 Å². The van der Waals surface area contributed by atoms with Crippen LogP contribution >= 0.6 is 10.7 Å². The summed E-state index contributed by atoms with van der Waals surface area (Å²) in [5.41, 5.74) is 0.0280. The number of ether oxygens (including phenoxy) is 2. The van der Waals surface area contributed by atoms with Gasteiger partial charge in [0, 0.05) is 10.7 Å². The Bertz CT molecular complexity index is 580. The van der Waals surface area contributed by atoms with E-state index < -0.39 is 27.4 Å². The quantitative estimate of drug-likeness (QED) is 0.501. The molecule has 0 bridgehead atoms. The molecule has 0 saturated carbocycles. The lowest BCUT2D eigenvalue weighted by Gasteiger charge is -2.09. The van der Waals surface area contributed by atoms with E-state index in [9.17, 15) is 18.0 Å². The minimum atomic E-state index is -4.77. The highest BCUT2D eigenvalue weighted by Gasteiger charge is 2.31. The molecule has 0 spiro atoms. The molecule has 0 aromatic heterocycles. The topological polar surface area (TPSA) is 89.9 Å². The summed E-state index contributed by atoms with van der Waals surface area (Å²) in [6, 6.07) is 4.76. The maximum Gasteiger partial charge on any atom is 0.573 e. The highest BCUT2D eigenvalue weighted by Crippen LogP contribution is 2.23. The molecular formula is C11H12ClF3O6S. The number of rotatable bonds is 4. The molecule has 1 N–H and O–H groups in total. The molecule has 0 unspecified atom stereocenters. The molecule has 126 valence electrons. The third kappa shape index (κ3) is 12.2. The molecule has 1 rings (SSSR count). The summed E-state index contributed by atoms with van der Waals surface area (Å²) >= 11 is 0. The summed E-state index contributed by atoms with van der Waals surface area (Å²) in [5, 5.41) is 0. The second-order valence-corrected chi connectivity index (χ2v) is 5.62. The fourth-order valence-corrected chi connectivity index (χ4v) is 1.10. The molecule has 0 aliphatic heterocycles. The molecule has 1 aromatic carbocycles. The molecule has 0 heterocycles. The Balaban J connectivity index is 0.000000763. The lowest BCUT2D eigenvalue weighted by molar-refractivity contribution is -0.274. The molecule has 22 heavy (non-hydrogen) atoms. The van der Waals surface area contributed by atoms with E-state index in [2.05, 4.69) is 15.4 Å². The third-order valence-corrected chi connectivity index (χ3v) is 1.74. The Morgan fingerprint density at radius 1 is 1.36 bits per heavy atom. The first-order valence-corrected chi connectivity index (χ1v) is 7.89. The number of esters is 1. The lowest BCUT2D eigenvalue weighted by Crippen LogP contribution is -2.17. The molecule has 0 amide bonds. The van der Waals surface area contributed by atoms with Crippen LogP contribution in [0.1, 0.15) is 23.7 Å². The molecule has 1 aromatic rings. The predicted molar refractivity (Wildman–Crippen MR) is 71.1 cm³/mol. The lowest BCUT2D eigenvalue weighted by atomic mass is 10.2. The molecule has 11 heteroatoms. The minimum Gasteiger partial charge on any atom is -0.462 e. The van der Waals surface area contributed by atoms with Crippen molar-refractivity contribution in [2.75, 3.05) is 6.61 Å². The standard InChI is InChI=1S/C11H11F3O3.ClHO3S/c1-2-6-16-10(15)8-4-3-5-9(7-8)17-11(12,13)14;1-5(2,3)4/h3-5,7H,2,6H2,1H3;(H,2,3,4). The van der Waals surface area contributed by atoms with Gasteiger partial charge >= 0.3 is 21.7 Å². The van der Waals surface area contributed by atoms with E-state index in [0.717, 1.165) is 12.1 Å². The van der Waals surface area contributed by atoms with Gasteiger partial charge in [0.25, 0.3) is 0 Å². The Kier molecular flexibility index (Phi) is 8.20. The van der Waals surface area contributed by atoms with Crippen LogP contribution in [0.15, 0.2) is 24.3 Å². The first-order valence-electron chi connectivity index (χ1n) is 5.62. The largest absolute Gasteiger partial charge is 0.573 e. The number of alkyl halides is 3. The van der Waals surface area contributed by atoms with Crippen LogP contribution in [0.4, 0.5) is 13.2 Å². The molecule has 6 nitrogen and oxygen atoms in total. The van der Waals surface area contributed by atoms with Crippen LogP contribution in [0.3, 0.4) is 0 Å². The molecule has 0 radical (unpaired) electrons. The first kappa shape index (κ1) is 20.5. The van der Waals surface area contributed by atoms with Gasteiger partial charge in [-0.1, -0.05) is 13.0 Å². The summed E-state index contributed by atoms with van der Waals surface area (Å²) in [4.78, 5) is 11.4. The van der Waals surface area contributed by atoms with Crippen molar-refractivity contribution in [3.8, 4) is 5.75 Å². The van der Waals surface area contributed by atoms with E-state index >= 15 is 0 Å². The van der Waals surface area contributed by atoms with Crippen LogP contribution in [-0.2, 0) is 14.1 Å². The Morgan fingerprint density at radius 2 is 1.91 bits per heavy atom. The van der Waals surface area contributed by atoms with Gasteiger partial charge in [-0.15, -0.1) is 13.2 Å². The van der Waals surface area contributed by atoms with Crippen LogP contribution in [0.5, 0.6) is 5.75 Å². The Hall–Kier alpha value is -1.52. The zero-order valence-electron chi connectivity index (χ0n) is 11.1. The van der Waals surface area contributed by atoms with Gasteiger partial charge in [-0.25, -0.2) is 4.79 Å². The number of carbonyl (C=O) groups excluding carboxylic acids is 1. The number of hydrogen-bond acceptors (Lipinski definition) is 5. The van der Waals surface area contributed by atoms with E-state index in [1.54, 1.807) is 0 Å². The summed E-state index contributed by atoms with van der Waals surface area (Å²) in [6.07, 6.45) is -4.13. The van der Waals surface area contributed by atoms with Gasteiger partial charge in [0.05, 0.1) is 12.2 Å². The van der Waals surface area contributed by atoms with Crippen molar-refractivity contribution in [3.05, 3.63) is 29.8 Å². The molecular weight excluding hydrogens is 353 g/mol. The highest BCUT2D eigenvalue weighted by molar-refractivity contribution is 8.09. The second-order valence-electron chi connectivity index (χ2n) is 3.62. The van der Waals surface area contributed by atoms with Crippen molar-refractivity contribution < 1.29 is 40.4 Å². The average Bonchev–Trinajstić information content (AvgIpc) is 2.32. The summed E-state index contributed by atoms with van der Waals surface area (Å²) < 4.78 is 69.5. The third-order valence-electron chi connectivity index (χ3n) is 1.74. The van der Waals surface area contributed by atoms with Crippen LogP contribution in [0, 0.1) is 0 Å². The molecule has 0 fully saturated rings. The smallest absolute Gasteiger partial charge is 0.462 e. The van der Waals surface area contributed by atoms with E-state index in [1.807, 2.05) is 6.92 Å². The number of hydrogen-bond donors (Lipinski definition) is 1. The van der Waals surface area contributed by atoms with Crippen LogP contribution < -0.4 is 4.74 Å². The van der Waals surface area contributed by atoms with Gasteiger partial charge in [-0.2, -0.15) is 8.42 Å². The predicted octanol–water partition coefficient (Wildman–Crippen LogP) is 3.18. The zero-order chi connectivity index (χ0) is 17.4. The van der Waals surface area contributed by atoms with Gasteiger partial charge in [-0.3, -0.25) is 4.55 Å². The van der Waals surface area contributed by atoms with E-state index in [4.69, 9.17) is 17.7 Å². The molecule has 0 atom stereocenters. The number of benzene rings is 1. The summed E-state index contributed by atoms with van der Waals surface area (Å²) in [6.45, 7) is 2.04. The normalized spacial score (nSPS) is 11.2. The monoisotopic (exact) mass is 364 g/mol. The number of carbonyl (C=O) groups is 1. The first-order chi connectivity index (χ1) is 9.92. The maximum absolute atomic E-state index is 11.9. The molecule has 0 aliphatic rings. The minimum absolute atomic E-state index is 0.0280. The maximum atomic E-state index is 11.9.